The summed E-state index contributed by atoms with van der Waals surface area (Å²) >= 11 is 0. The molecule has 7 heteroatoms. The van der Waals surface area contributed by atoms with E-state index in [0.29, 0.717) is 17.1 Å². The average Bonchev–Trinajstić information content (AvgIpc) is 3.23. The number of nitrogens with zero attached hydrogens (tertiary/aromatic N) is 2. The molecular weight excluding hydrogens is 404 g/mol. The molecule has 4 aromatic rings. The molecular formula is C25H24N4O3. The topological polar surface area (TPSA) is 88.6 Å². The Kier molecular flexibility index (Phi) is 6.17. The van der Waals surface area contributed by atoms with Crippen molar-refractivity contribution in [3.63, 3.8) is 0 Å². The van der Waals surface area contributed by atoms with Gasteiger partial charge in [-0.2, -0.15) is 5.10 Å². The molecule has 0 radical (unpaired) electrons. The second kappa shape index (κ2) is 9.34. The van der Waals surface area contributed by atoms with Crippen molar-refractivity contribution in [3.8, 4) is 22.9 Å². The molecule has 3 aromatic carbocycles. The quantitative estimate of drug-likeness (QED) is 0.327. The molecule has 1 heterocycles. The van der Waals surface area contributed by atoms with Crippen molar-refractivity contribution in [2.75, 3.05) is 7.11 Å². The monoisotopic (exact) mass is 428 g/mol. The van der Waals surface area contributed by atoms with E-state index in [0.717, 1.165) is 28.0 Å². The van der Waals surface area contributed by atoms with Crippen LogP contribution in [0.3, 0.4) is 0 Å². The number of fused-ring (bicyclic) bond motifs is 1. The molecule has 162 valence electrons. The minimum absolute atomic E-state index is 0.0405. The lowest BCUT2D eigenvalue weighted by Crippen LogP contribution is -2.17. The third kappa shape index (κ3) is 4.78. The lowest BCUT2D eigenvalue weighted by molar-refractivity contribution is 0.0955. The third-order valence-corrected chi connectivity index (χ3v) is 4.72. The van der Waals surface area contributed by atoms with E-state index in [4.69, 9.17) is 9.47 Å². The van der Waals surface area contributed by atoms with Crippen molar-refractivity contribution >= 4 is 23.2 Å². The van der Waals surface area contributed by atoms with Crippen LogP contribution in [-0.4, -0.2) is 35.3 Å². The van der Waals surface area contributed by atoms with Gasteiger partial charge in [0.15, 0.2) is 11.5 Å². The highest BCUT2D eigenvalue weighted by Gasteiger charge is 2.10. The molecule has 0 saturated carbocycles. The molecule has 7 nitrogen and oxygen atoms in total. The Morgan fingerprint density at radius 1 is 1.06 bits per heavy atom. The molecule has 0 aliphatic rings. The highest BCUT2D eigenvalue weighted by Crippen LogP contribution is 2.28. The largest absolute Gasteiger partial charge is 0.493 e. The predicted octanol–water partition coefficient (Wildman–Crippen LogP) is 4.79. The zero-order valence-electron chi connectivity index (χ0n) is 18.1. The zero-order chi connectivity index (χ0) is 22.5. The van der Waals surface area contributed by atoms with E-state index in [-0.39, 0.29) is 12.0 Å². The van der Waals surface area contributed by atoms with Gasteiger partial charge in [0, 0.05) is 11.1 Å². The van der Waals surface area contributed by atoms with Crippen LogP contribution in [0.5, 0.6) is 11.5 Å². The normalized spacial score (nSPS) is 11.2. The SMILES string of the molecule is COc1cc(/C=N/NC(=O)c2ccc3nc(-c4ccccc4)[nH]c3c2)ccc1OC(C)C. The molecule has 32 heavy (non-hydrogen) atoms. The van der Waals surface area contributed by atoms with E-state index < -0.39 is 0 Å². The van der Waals surface area contributed by atoms with E-state index in [1.165, 1.54) is 0 Å². The molecule has 0 fully saturated rings. The van der Waals surface area contributed by atoms with Crippen LogP contribution in [0.15, 0.2) is 71.8 Å². The Hall–Kier alpha value is -4.13. The van der Waals surface area contributed by atoms with Crippen LogP contribution in [-0.2, 0) is 0 Å². The molecule has 0 bridgehead atoms. The minimum atomic E-state index is -0.314. The Bertz CT molecular complexity index is 1260. The van der Waals surface area contributed by atoms with Gasteiger partial charge in [0.2, 0.25) is 0 Å². The molecule has 1 aromatic heterocycles. The number of amides is 1. The van der Waals surface area contributed by atoms with Crippen molar-refractivity contribution in [2.45, 2.75) is 20.0 Å². The number of methoxy groups -OCH3 is 1. The first-order chi connectivity index (χ1) is 15.5. The molecule has 0 saturated heterocycles. The number of hydrazone groups is 1. The molecule has 0 atom stereocenters. The van der Waals surface area contributed by atoms with Crippen LogP contribution in [0.4, 0.5) is 0 Å². The highest BCUT2D eigenvalue weighted by atomic mass is 16.5. The molecule has 1 amide bonds. The molecule has 0 aliphatic carbocycles. The molecule has 4 rings (SSSR count). The summed E-state index contributed by atoms with van der Waals surface area (Å²) < 4.78 is 11.1. The number of aromatic amines is 1. The number of carbonyl (C=O) groups excluding carboxylic acids is 1. The van der Waals surface area contributed by atoms with Gasteiger partial charge in [-0.25, -0.2) is 10.4 Å². The van der Waals surface area contributed by atoms with Crippen molar-refractivity contribution in [2.24, 2.45) is 5.10 Å². The number of ether oxygens (including phenoxy) is 2. The van der Waals surface area contributed by atoms with Crippen molar-refractivity contribution in [1.29, 1.82) is 0 Å². The summed E-state index contributed by atoms with van der Waals surface area (Å²) in [5, 5.41) is 4.07. The van der Waals surface area contributed by atoms with Crippen LogP contribution in [0, 0.1) is 0 Å². The summed E-state index contributed by atoms with van der Waals surface area (Å²) in [6.07, 6.45) is 1.60. The third-order valence-electron chi connectivity index (χ3n) is 4.72. The second-order valence-corrected chi connectivity index (χ2v) is 7.46. The van der Waals surface area contributed by atoms with E-state index in [2.05, 4.69) is 20.5 Å². The lowest BCUT2D eigenvalue weighted by Gasteiger charge is -2.13. The number of nitrogens with one attached hydrogen (secondary N) is 2. The standard InChI is InChI=1S/C25H24N4O3/c1-16(2)32-22-12-9-17(13-23(22)31-3)15-26-29-25(30)19-10-11-20-21(14-19)28-24(27-20)18-7-5-4-6-8-18/h4-16H,1-3H3,(H,27,28)(H,29,30)/b26-15+. The van der Waals surface area contributed by atoms with Crippen LogP contribution in [0.2, 0.25) is 0 Å². The number of H-pyrrole nitrogens is 1. The number of carbonyl (C=O) groups is 1. The van der Waals surface area contributed by atoms with Gasteiger partial charge < -0.3 is 14.5 Å². The summed E-state index contributed by atoms with van der Waals surface area (Å²) in [6, 6.07) is 20.6. The first kappa shape index (κ1) is 21.1. The summed E-state index contributed by atoms with van der Waals surface area (Å²) in [6.45, 7) is 3.90. The average molecular weight is 428 g/mol. The summed E-state index contributed by atoms with van der Waals surface area (Å²) in [7, 11) is 1.58. The molecule has 2 N–H and O–H groups in total. The van der Waals surface area contributed by atoms with E-state index in [1.54, 1.807) is 31.5 Å². The van der Waals surface area contributed by atoms with Gasteiger partial charge in [-0.1, -0.05) is 30.3 Å². The van der Waals surface area contributed by atoms with Gasteiger partial charge in [-0.15, -0.1) is 0 Å². The van der Waals surface area contributed by atoms with Gasteiger partial charge in [0.1, 0.15) is 5.82 Å². The van der Waals surface area contributed by atoms with Crippen molar-refractivity contribution in [1.82, 2.24) is 15.4 Å². The summed E-state index contributed by atoms with van der Waals surface area (Å²) in [5.74, 6) is 1.71. The fourth-order valence-corrected chi connectivity index (χ4v) is 3.23. The Morgan fingerprint density at radius 2 is 1.88 bits per heavy atom. The Balaban J connectivity index is 1.46. The fourth-order valence-electron chi connectivity index (χ4n) is 3.23. The molecule has 0 aliphatic heterocycles. The number of rotatable bonds is 7. The predicted molar refractivity (Wildman–Crippen MR) is 125 cm³/mol. The van der Waals surface area contributed by atoms with Crippen LogP contribution >= 0.6 is 0 Å². The van der Waals surface area contributed by atoms with Gasteiger partial charge in [0.05, 0.1) is 30.5 Å². The smallest absolute Gasteiger partial charge is 0.271 e. The molecule has 0 unspecified atom stereocenters. The van der Waals surface area contributed by atoms with Gasteiger partial charge in [-0.05, 0) is 55.8 Å². The highest BCUT2D eigenvalue weighted by molar-refractivity contribution is 5.98. The number of hydrogen-bond acceptors (Lipinski definition) is 5. The fraction of sp³-hybridized carbons (Fsp3) is 0.160. The van der Waals surface area contributed by atoms with Gasteiger partial charge >= 0.3 is 0 Å². The zero-order valence-corrected chi connectivity index (χ0v) is 18.1. The van der Waals surface area contributed by atoms with Crippen molar-refractivity contribution < 1.29 is 14.3 Å². The first-order valence-corrected chi connectivity index (χ1v) is 10.3. The first-order valence-electron chi connectivity index (χ1n) is 10.3. The van der Waals surface area contributed by atoms with Crippen molar-refractivity contribution in [3.05, 3.63) is 77.9 Å². The van der Waals surface area contributed by atoms with E-state index in [1.807, 2.05) is 62.4 Å². The maximum Gasteiger partial charge on any atom is 0.271 e. The number of benzene rings is 3. The summed E-state index contributed by atoms with van der Waals surface area (Å²) in [4.78, 5) is 20.4. The second-order valence-electron chi connectivity index (χ2n) is 7.46. The number of hydrogen-bond donors (Lipinski definition) is 2. The lowest BCUT2D eigenvalue weighted by atomic mass is 10.2. The maximum absolute atomic E-state index is 12.6. The van der Waals surface area contributed by atoms with Gasteiger partial charge in [-0.3, -0.25) is 4.79 Å². The van der Waals surface area contributed by atoms with E-state index in [9.17, 15) is 4.79 Å². The maximum atomic E-state index is 12.6. The number of aromatic nitrogens is 2. The van der Waals surface area contributed by atoms with Crippen LogP contribution in [0.25, 0.3) is 22.4 Å². The van der Waals surface area contributed by atoms with Gasteiger partial charge in [0.25, 0.3) is 5.91 Å². The Morgan fingerprint density at radius 3 is 2.62 bits per heavy atom. The van der Waals surface area contributed by atoms with E-state index >= 15 is 0 Å². The van der Waals surface area contributed by atoms with Crippen LogP contribution in [0.1, 0.15) is 29.8 Å². The molecule has 0 spiro atoms. The number of imidazole rings is 1. The Labute approximate surface area is 186 Å². The minimum Gasteiger partial charge on any atom is -0.493 e. The van der Waals surface area contributed by atoms with Crippen LogP contribution < -0.4 is 14.9 Å². The summed E-state index contributed by atoms with van der Waals surface area (Å²) in [5.41, 5.74) is 6.37.